The minimum atomic E-state index is -3.93. The van der Waals surface area contributed by atoms with Gasteiger partial charge in [-0.3, -0.25) is 4.79 Å². The van der Waals surface area contributed by atoms with E-state index in [-0.39, 0.29) is 27.4 Å². The second-order valence-electron chi connectivity index (χ2n) is 7.15. The number of nitrogens with zero attached hydrogens (tertiary/aromatic N) is 2. The van der Waals surface area contributed by atoms with Crippen LogP contribution in [0.1, 0.15) is 24.0 Å². The lowest BCUT2D eigenvalue weighted by atomic mass is 9.95. The Bertz CT molecular complexity index is 1020. The maximum absolute atomic E-state index is 13.4. The number of amides is 1. The molecule has 0 aromatic heterocycles. The number of halogens is 2. The highest BCUT2D eigenvalue weighted by Gasteiger charge is 2.41. The van der Waals surface area contributed by atoms with Crippen molar-refractivity contribution in [3.63, 3.8) is 0 Å². The number of hydrogen-bond acceptors (Lipinski definition) is 3. The smallest absolute Gasteiger partial charge is 0.244 e. The lowest BCUT2D eigenvalue weighted by molar-refractivity contribution is -0.134. The average molecular weight is 439 g/mol. The van der Waals surface area contributed by atoms with Gasteiger partial charge in [0.05, 0.1) is 14.9 Å². The van der Waals surface area contributed by atoms with E-state index in [1.807, 2.05) is 24.3 Å². The van der Waals surface area contributed by atoms with Crippen molar-refractivity contribution in [1.29, 1.82) is 0 Å². The molecule has 1 fully saturated rings. The van der Waals surface area contributed by atoms with Gasteiger partial charge < -0.3 is 4.90 Å². The summed E-state index contributed by atoms with van der Waals surface area (Å²) >= 11 is 12.0. The zero-order valence-corrected chi connectivity index (χ0v) is 17.5. The summed E-state index contributed by atoms with van der Waals surface area (Å²) in [6.45, 7) is 1.51. The summed E-state index contributed by atoms with van der Waals surface area (Å²) in [6.07, 6.45) is 2.27. The Morgan fingerprint density at radius 1 is 0.964 bits per heavy atom. The summed E-state index contributed by atoms with van der Waals surface area (Å²) in [4.78, 5) is 15.0. The maximum atomic E-state index is 13.4. The van der Waals surface area contributed by atoms with Crippen LogP contribution in [0.25, 0.3) is 0 Å². The third kappa shape index (κ3) is 3.54. The molecule has 0 saturated carbocycles. The van der Waals surface area contributed by atoms with Crippen LogP contribution >= 0.6 is 23.2 Å². The van der Waals surface area contributed by atoms with Crippen LogP contribution in [0.4, 0.5) is 0 Å². The SMILES string of the molecule is O=C([C@H]1Cc2ccccc2CN1S(=O)(=O)c1ccc(Cl)c(Cl)c1)N1CCCC1. The fourth-order valence-electron chi connectivity index (χ4n) is 3.88. The summed E-state index contributed by atoms with van der Waals surface area (Å²) in [5.41, 5.74) is 1.93. The van der Waals surface area contributed by atoms with Crippen molar-refractivity contribution in [2.24, 2.45) is 0 Å². The van der Waals surface area contributed by atoms with Gasteiger partial charge >= 0.3 is 0 Å². The molecule has 0 radical (unpaired) electrons. The molecule has 0 unspecified atom stereocenters. The van der Waals surface area contributed by atoms with Crippen LogP contribution in [0.15, 0.2) is 47.4 Å². The number of carbonyl (C=O) groups is 1. The summed E-state index contributed by atoms with van der Waals surface area (Å²) in [5.74, 6) is -0.129. The van der Waals surface area contributed by atoms with E-state index in [9.17, 15) is 13.2 Å². The Kier molecular flexibility index (Phi) is 5.40. The van der Waals surface area contributed by atoms with Crippen molar-refractivity contribution in [3.8, 4) is 0 Å². The highest BCUT2D eigenvalue weighted by atomic mass is 35.5. The molecular formula is C20H20Cl2N2O3S. The van der Waals surface area contributed by atoms with E-state index in [2.05, 4.69) is 0 Å². The third-order valence-electron chi connectivity index (χ3n) is 5.41. The van der Waals surface area contributed by atoms with Gasteiger partial charge in [0.2, 0.25) is 15.9 Å². The summed E-state index contributed by atoms with van der Waals surface area (Å²) in [6, 6.07) is 11.1. The van der Waals surface area contributed by atoms with Gasteiger partial charge in [-0.25, -0.2) is 8.42 Å². The molecular weight excluding hydrogens is 419 g/mol. The molecule has 0 bridgehead atoms. The van der Waals surface area contributed by atoms with Crippen molar-refractivity contribution in [2.75, 3.05) is 13.1 Å². The van der Waals surface area contributed by atoms with E-state index in [0.717, 1.165) is 24.0 Å². The zero-order chi connectivity index (χ0) is 19.9. The van der Waals surface area contributed by atoms with Gasteiger partial charge in [-0.05, 0) is 48.6 Å². The summed E-state index contributed by atoms with van der Waals surface area (Å²) in [7, 11) is -3.93. The number of rotatable bonds is 3. The first-order chi connectivity index (χ1) is 13.4. The Morgan fingerprint density at radius 3 is 2.32 bits per heavy atom. The van der Waals surface area contributed by atoms with Crippen LogP contribution in [0.3, 0.4) is 0 Å². The second kappa shape index (κ2) is 7.67. The lowest BCUT2D eigenvalue weighted by Crippen LogP contribution is -2.53. The molecule has 2 aliphatic rings. The molecule has 2 heterocycles. The highest BCUT2D eigenvalue weighted by molar-refractivity contribution is 7.89. The standard InChI is InChI=1S/C20H20Cl2N2O3S/c21-17-8-7-16(12-18(17)22)28(26,27)24-13-15-6-2-1-5-14(15)11-19(24)20(25)23-9-3-4-10-23/h1-2,5-8,12,19H,3-4,9-11,13H2/t19-/m1/s1. The number of benzene rings is 2. The van der Waals surface area contributed by atoms with Gasteiger partial charge in [0.1, 0.15) is 6.04 Å². The van der Waals surface area contributed by atoms with E-state index in [0.29, 0.717) is 19.5 Å². The first-order valence-corrected chi connectivity index (χ1v) is 11.4. The van der Waals surface area contributed by atoms with E-state index in [4.69, 9.17) is 23.2 Å². The topological polar surface area (TPSA) is 57.7 Å². The zero-order valence-electron chi connectivity index (χ0n) is 15.1. The molecule has 2 aromatic carbocycles. The number of likely N-dealkylation sites (tertiary alicyclic amines) is 1. The van der Waals surface area contributed by atoms with Gasteiger partial charge in [0.25, 0.3) is 0 Å². The largest absolute Gasteiger partial charge is 0.341 e. The molecule has 4 rings (SSSR count). The number of sulfonamides is 1. The van der Waals surface area contributed by atoms with Crippen molar-refractivity contribution in [1.82, 2.24) is 9.21 Å². The molecule has 0 aliphatic carbocycles. The maximum Gasteiger partial charge on any atom is 0.244 e. The van der Waals surface area contributed by atoms with Crippen LogP contribution < -0.4 is 0 Å². The van der Waals surface area contributed by atoms with Crippen LogP contribution in [0.5, 0.6) is 0 Å². The van der Waals surface area contributed by atoms with Crippen LogP contribution in [-0.4, -0.2) is 42.7 Å². The van der Waals surface area contributed by atoms with Crippen molar-refractivity contribution < 1.29 is 13.2 Å². The first kappa shape index (κ1) is 19.7. The highest BCUT2D eigenvalue weighted by Crippen LogP contribution is 2.32. The van der Waals surface area contributed by atoms with Crippen LogP contribution in [0, 0.1) is 0 Å². The Labute approximate surface area is 174 Å². The van der Waals surface area contributed by atoms with E-state index in [1.54, 1.807) is 4.90 Å². The minimum Gasteiger partial charge on any atom is -0.341 e. The first-order valence-electron chi connectivity index (χ1n) is 9.20. The number of hydrogen-bond donors (Lipinski definition) is 0. The minimum absolute atomic E-state index is 0.0421. The molecule has 2 aromatic rings. The van der Waals surface area contributed by atoms with Crippen molar-refractivity contribution >= 4 is 39.1 Å². The van der Waals surface area contributed by atoms with Gasteiger partial charge in [0, 0.05) is 19.6 Å². The molecule has 148 valence electrons. The fourth-order valence-corrected chi connectivity index (χ4v) is 5.83. The monoisotopic (exact) mass is 438 g/mol. The Morgan fingerprint density at radius 2 is 1.64 bits per heavy atom. The molecule has 1 saturated heterocycles. The van der Waals surface area contributed by atoms with Crippen molar-refractivity contribution in [3.05, 3.63) is 63.6 Å². The summed E-state index contributed by atoms with van der Waals surface area (Å²) in [5, 5.41) is 0.455. The van der Waals surface area contributed by atoms with Gasteiger partial charge in [-0.2, -0.15) is 4.31 Å². The predicted molar refractivity (Wildman–Crippen MR) is 109 cm³/mol. The van der Waals surface area contributed by atoms with Crippen molar-refractivity contribution in [2.45, 2.75) is 36.7 Å². The lowest BCUT2D eigenvalue weighted by Gasteiger charge is -2.36. The Hall–Kier alpha value is -1.60. The normalized spacial score (nSPS) is 20.2. The van der Waals surface area contributed by atoms with E-state index >= 15 is 0 Å². The second-order valence-corrected chi connectivity index (χ2v) is 9.85. The summed E-state index contributed by atoms with van der Waals surface area (Å²) < 4.78 is 28.2. The predicted octanol–water partition coefficient (Wildman–Crippen LogP) is 3.73. The van der Waals surface area contributed by atoms with Gasteiger partial charge in [0.15, 0.2) is 0 Å². The quantitative estimate of drug-likeness (QED) is 0.733. The van der Waals surface area contributed by atoms with Crippen LogP contribution in [-0.2, 0) is 27.8 Å². The number of fused-ring (bicyclic) bond motifs is 1. The molecule has 28 heavy (non-hydrogen) atoms. The van der Waals surface area contributed by atoms with Gasteiger partial charge in [-0.15, -0.1) is 0 Å². The average Bonchev–Trinajstić information content (AvgIpc) is 3.23. The molecule has 0 N–H and O–H groups in total. The molecule has 0 spiro atoms. The molecule has 1 atom stereocenters. The molecule has 2 aliphatic heterocycles. The van der Waals surface area contributed by atoms with E-state index < -0.39 is 16.1 Å². The van der Waals surface area contributed by atoms with E-state index in [1.165, 1.54) is 22.5 Å². The Balaban J connectivity index is 1.76. The third-order valence-corrected chi connectivity index (χ3v) is 8.00. The van der Waals surface area contributed by atoms with Gasteiger partial charge in [-0.1, -0.05) is 47.5 Å². The fraction of sp³-hybridized carbons (Fsp3) is 0.350. The molecule has 8 heteroatoms. The molecule has 5 nitrogen and oxygen atoms in total. The molecule has 1 amide bonds. The van der Waals surface area contributed by atoms with Crippen LogP contribution in [0.2, 0.25) is 10.0 Å². The number of carbonyl (C=O) groups excluding carboxylic acids is 1.